The van der Waals surface area contributed by atoms with Crippen LogP contribution in [0, 0.1) is 5.82 Å². The van der Waals surface area contributed by atoms with Gasteiger partial charge in [-0.3, -0.25) is 4.79 Å². The fraction of sp³-hybridized carbons (Fsp3) is 0.278. The number of aliphatic hydroxyl groups is 2. The lowest BCUT2D eigenvalue weighted by Crippen LogP contribution is -2.40. The van der Waals surface area contributed by atoms with Gasteiger partial charge < -0.3 is 25.5 Å². The number of rotatable bonds is 7. The lowest BCUT2D eigenvalue weighted by molar-refractivity contribution is 0.0881. The van der Waals surface area contributed by atoms with Gasteiger partial charge in [-0.15, -0.1) is 0 Å². The highest BCUT2D eigenvalue weighted by molar-refractivity contribution is 5.99. The highest BCUT2D eigenvalue weighted by Crippen LogP contribution is 2.22. The molecule has 0 aliphatic heterocycles. The van der Waals surface area contributed by atoms with E-state index in [1.165, 1.54) is 28.9 Å². The van der Waals surface area contributed by atoms with Crippen molar-refractivity contribution < 1.29 is 24.5 Å². The Balaban J connectivity index is 1.86. The monoisotopic (exact) mass is 389 g/mol. The number of carbonyl (C=O) groups excluding carboxylic acids is 1. The molecule has 3 aromatic rings. The number of anilines is 1. The fourth-order valence-electron chi connectivity index (χ4n) is 2.66. The number of nitrogens with zero attached hydrogens (tertiary/aromatic N) is 4. The molecule has 0 saturated heterocycles. The number of carbonyl (C=O) groups is 1. The van der Waals surface area contributed by atoms with E-state index in [9.17, 15) is 14.3 Å². The SMILES string of the molecule is CN(Cc1cc(F)ccc1O)c1ccn2ncc(C(=O)NC(CO)CO)c2n1. The molecule has 0 saturated carbocycles. The normalized spacial score (nSPS) is 11.2. The second-order valence-electron chi connectivity index (χ2n) is 6.28. The molecule has 3 rings (SSSR count). The maximum Gasteiger partial charge on any atom is 0.257 e. The van der Waals surface area contributed by atoms with E-state index < -0.39 is 31.0 Å². The lowest BCUT2D eigenvalue weighted by Gasteiger charge is -2.19. The first kappa shape index (κ1) is 19.5. The van der Waals surface area contributed by atoms with Gasteiger partial charge in [0, 0.05) is 25.4 Å². The van der Waals surface area contributed by atoms with Crippen LogP contribution in [0.1, 0.15) is 15.9 Å². The van der Waals surface area contributed by atoms with Crippen LogP contribution in [-0.2, 0) is 6.54 Å². The minimum atomic E-state index is -0.788. The Kier molecular flexibility index (Phi) is 5.71. The number of phenols is 1. The highest BCUT2D eigenvalue weighted by Gasteiger charge is 2.18. The van der Waals surface area contributed by atoms with Crippen LogP contribution in [0.25, 0.3) is 5.65 Å². The minimum Gasteiger partial charge on any atom is -0.508 e. The molecule has 9 nitrogen and oxygen atoms in total. The van der Waals surface area contributed by atoms with Crippen LogP contribution in [0.4, 0.5) is 10.2 Å². The molecule has 0 bridgehead atoms. The number of fused-ring (bicyclic) bond motifs is 1. The number of hydrogen-bond donors (Lipinski definition) is 4. The van der Waals surface area contributed by atoms with E-state index in [4.69, 9.17) is 10.2 Å². The Bertz CT molecular complexity index is 989. The Labute approximate surface area is 159 Å². The molecule has 0 fully saturated rings. The number of phenolic OH excluding ortho intramolecular Hbond substituents is 1. The third-order valence-corrected chi connectivity index (χ3v) is 4.22. The van der Waals surface area contributed by atoms with Gasteiger partial charge in [-0.2, -0.15) is 5.10 Å². The van der Waals surface area contributed by atoms with Gasteiger partial charge in [0.25, 0.3) is 5.91 Å². The quantitative estimate of drug-likeness (QED) is 0.458. The average Bonchev–Trinajstić information content (AvgIpc) is 3.12. The van der Waals surface area contributed by atoms with Crippen LogP contribution in [0.15, 0.2) is 36.7 Å². The van der Waals surface area contributed by atoms with Crippen molar-refractivity contribution in [1.29, 1.82) is 0 Å². The van der Waals surface area contributed by atoms with Gasteiger partial charge in [-0.1, -0.05) is 0 Å². The van der Waals surface area contributed by atoms with Gasteiger partial charge in [-0.05, 0) is 24.3 Å². The van der Waals surface area contributed by atoms with Crippen molar-refractivity contribution in [3.8, 4) is 5.75 Å². The molecule has 4 N–H and O–H groups in total. The number of nitrogens with one attached hydrogen (secondary N) is 1. The molecule has 28 heavy (non-hydrogen) atoms. The molecule has 2 aromatic heterocycles. The molecular weight excluding hydrogens is 369 g/mol. The summed E-state index contributed by atoms with van der Waals surface area (Å²) in [6.45, 7) is -0.612. The van der Waals surface area contributed by atoms with Crippen molar-refractivity contribution in [2.75, 3.05) is 25.2 Å². The van der Waals surface area contributed by atoms with Crippen molar-refractivity contribution in [2.45, 2.75) is 12.6 Å². The maximum atomic E-state index is 13.4. The van der Waals surface area contributed by atoms with Crippen molar-refractivity contribution in [1.82, 2.24) is 19.9 Å². The van der Waals surface area contributed by atoms with Crippen molar-refractivity contribution in [3.63, 3.8) is 0 Å². The first-order valence-electron chi connectivity index (χ1n) is 8.48. The van der Waals surface area contributed by atoms with Crippen molar-refractivity contribution in [3.05, 3.63) is 53.6 Å². The van der Waals surface area contributed by atoms with Gasteiger partial charge in [0.15, 0.2) is 5.65 Å². The number of aliphatic hydroxyl groups excluding tert-OH is 2. The fourth-order valence-corrected chi connectivity index (χ4v) is 2.66. The summed E-state index contributed by atoms with van der Waals surface area (Å²) in [7, 11) is 1.72. The third-order valence-electron chi connectivity index (χ3n) is 4.22. The summed E-state index contributed by atoms with van der Waals surface area (Å²) in [5.41, 5.74) is 0.847. The number of hydrogen-bond acceptors (Lipinski definition) is 7. The summed E-state index contributed by atoms with van der Waals surface area (Å²) in [6.07, 6.45) is 2.96. The minimum absolute atomic E-state index is 0.0298. The van der Waals surface area contributed by atoms with E-state index in [2.05, 4.69) is 15.4 Å². The first-order chi connectivity index (χ1) is 13.4. The van der Waals surface area contributed by atoms with Gasteiger partial charge in [0.1, 0.15) is 22.9 Å². The first-order valence-corrected chi connectivity index (χ1v) is 8.48. The Hall–Kier alpha value is -3.24. The van der Waals surface area contributed by atoms with E-state index in [1.54, 1.807) is 24.2 Å². The van der Waals surface area contributed by atoms with Crippen LogP contribution in [0.3, 0.4) is 0 Å². The molecule has 0 spiro atoms. The predicted octanol–water partition coefficient (Wildman–Crippen LogP) is 0.293. The second kappa shape index (κ2) is 8.19. The molecule has 0 unspecified atom stereocenters. The van der Waals surface area contributed by atoms with Crippen molar-refractivity contribution >= 4 is 17.4 Å². The molecule has 148 valence electrons. The van der Waals surface area contributed by atoms with E-state index in [1.807, 2.05) is 0 Å². The predicted molar refractivity (Wildman–Crippen MR) is 98.6 cm³/mol. The van der Waals surface area contributed by atoms with Gasteiger partial charge in [0.2, 0.25) is 0 Å². The molecular formula is C18H20FN5O4. The number of aromatic hydroxyl groups is 1. The van der Waals surface area contributed by atoms with E-state index in [0.717, 1.165) is 0 Å². The topological polar surface area (TPSA) is 123 Å². The molecule has 2 heterocycles. The Morgan fingerprint density at radius 2 is 2.07 bits per heavy atom. The van der Waals surface area contributed by atoms with E-state index in [-0.39, 0.29) is 23.5 Å². The van der Waals surface area contributed by atoms with Gasteiger partial charge in [-0.25, -0.2) is 13.9 Å². The summed E-state index contributed by atoms with van der Waals surface area (Å²) < 4.78 is 14.8. The Morgan fingerprint density at radius 3 is 2.79 bits per heavy atom. The summed E-state index contributed by atoms with van der Waals surface area (Å²) in [5.74, 6) is -0.538. The summed E-state index contributed by atoms with van der Waals surface area (Å²) in [4.78, 5) is 18.5. The Morgan fingerprint density at radius 1 is 1.32 bits per heavy atom. The summed E-state index contributed by atoms with van der Waals surface area (Å²) in [6, 6.07) is 4.58. The van der Waals surface area contributed by atoms with Crippen LogP contribution in [0.5, 0.6) is 5.75 Å². The lowest BCUT2D eigenvalue weighted by atomic mass is 10.2. The second-order valence-corrected chi connectivity index (χ2v) is 6.28. The largest absolute Gasteiger partial charge is 0.508 e. The molecule has 1 amide bonds. The zero-order valence-electron chi connectivity index (χ0n) is 15.1. The molecule has 0 aliphatic carbocycles. The number of benzene rings is 1. The smallest absolute Gasteiger partial charge is 0.257 e. The van der Waals surface area contributed by atoms with Crippen molar-refractivity contribution in [2.24, 2.45) is 0 Å². The van der Waals surface area contributed by atoms with Gasteiger partial charge >= 0.3 is 0 Å². The highest BCUT2D eigenvalue weighted by atomic mass is 19.1. The number of aromatic nitrogens is 3. The number of amides is 1. The zero-order chi connectivity index (χ0) is 20.3. The van der Waals surface area contributed by atoms with E-state index in [0.29, 0.717) is 11.4 Å². The van der Waals surface area contributed by atoms with Crippen LogP contribution in [-0.4, -0.2) is 62.1 Å². The number of halogens is 1. The molecule has 0 aliphatic rings. The average molecular weight is 389 g/mol. The molecule has 10 heteroatoms. The van der Waals surface area contributed by atoms with E-state index >= 15 is 0 Å². The van der Waals surface area contributed by atoms with Crippen LogP contribution >= 0.6 is 0 Å². The molecule has 0 radical (unpaired) electrons. The maximum absolute atomic E-state index is 13.4. The molecule has 1 aromatic carbocycles. The van der Waals surface area contributed by atoms with Crippen LogP contribution in [0.2, 0.25) is 0 Å². The zero-order valence-corrected chi connectivity index (χ0v) is 15.1. The third kappa shape index (κ3) is 4.02. The van der Waals surface area contributed by atoms with Crippen LogP contribution < -0.4 is 10.2 Å². The van der Waals surface area contributed by atoms with Gasteiger partial charge in [0.05, 0.1) is 25.5 Å². The standard InChI is InChI=1S/C18H20FN5O4/c1-23(8-11-6-12(19)2-3-15(11)27)16-4-5-24-17(22-16)14(7-20-24)18(28)21-13(9-25)10-26/h2-7,13,25-27H,8-10H2,1H3,(H,21,28). The summed E-state index contributed by atoms with van der Waals surface area (Å²) in [5, 5.41) is 34.7. The summed E-state index contributed by atoms with van der Waals surface area (Å²) >= 11 is 0. The molecule has 0 atom stereocenters.